The van der Waals surface area contributed by atoms with Crippen LogP contribution in [0.25, 0.3) is 0 Å². The van der Waals surface area contributed by atoms with Crippen molar-refractivity contribution in [3.8, 4) is 0 Å². The Balaban J connectivity index is 0.000000518. The van der Waals surface area contributed by atoms with Crippen molar-refractivity contribution in [3.63, 3.8) is 0 Å². The van der Waals surface area contributed by atoms with E-state index in [4.69, 9.17) is 10.8 Å². The summed E-state index contributed by atoms with van der Waals surface area (Å²) in [7, 11) is 2.05. The van der Waals surface area contributed by atoms with Crippen molar-refractivity contribution in [2.24, 2.45) is 28.4 Å². The highest BCUT2D eigenvalue weighted by molar-refractivity contribution is 5.72. The highest BCUT2D eigenvalue weighted by Crippen LogP contribution is 2.47. The number of nitrogens with zero attached hydrogens (tertiary/aromatic N) is 1. The van der Waals surface area contributed by atoms with Crippen molar-refractivity contribution in [2.75, 3.05) is 33.2 Å². The van der Waals surface area contributed by atoms with Crippen LogP contribution >= 0.6 is 0 Å². The number of carbonyl (C=O) groups is 1. The molecule has 1 spiro atoms. The van der Waals surface area contributed by atoms with Crippen LogP contribution in [0, 0.1) is 22.7 Å². The van der Waals surface area contributed by atoms with Gasteiger partial charge in [0.15, 0.2) is 0 Å². The zero-order valence-electron chi connectivity index (χ0n) is 21.4. The highest BCUT2D eigenvalue weighted by Gasteiger charge is 2.46. The quantitative estimate of drug-likeness (QED) is 0.556. The maximum atomic E-state index is 10.6. The van der Waals surface area contributed by atoms with Crippen LogP contribution in [0.3, 0.4) is 0 Å². The first kappa shape index (κ1) is 29.4. The third kappa shape index (κ3) is 9.65. The smallest absolute Gasteiger partial charge is 0.320 e. The number of likely N-dealkylation sites (tertiary alicyclic amines) is 1. The summed E-state index contributed by atoms with van der Waals surface area (Å²) in [5, 5.41) is 12.0. The molecule has 0 aromatic rings. The molecule has 0 aromatic carbocycles. The fourth-order valence-electron chi connectivity index (χ4n) is 5.52. The Labute approximate surface area is 187 Å². The number of nitrogens with two attached hydrogens (primary N) is 1. The van der Waals surface area contributed by atoms with Gasteiger partial charge in [0.2, 0.25) is 0 Å². The summed E-state index contributed by atoms with van der Waals surface area (Å²) in [4.78, 5) is 12.9. The molecule has 4 unspecified atom stereocenters. The van der Waals surface area contributed by atoms with Crippen molar-refractivity contribution in [3.05, 3.63) is 0 Å². The fourth-order valence-corrected chi connectivity index (χ4v) is 5.52. The topological polar surface area (TPSA) is 78.6 Å². The summed E-state index contributed by atoms with van der Waals surface area (Å²) in [6, 6.07) is -0.695. The monoisotopic (exact) mass is 427 g/mol. The van der Waals surface area contributed by atoms with Gasteiger partial charge in [-0.05, 0) is 61.8 Å². The van der Waals surface area contributed by atoms with Crippen LogP contribution in [0.2, 0.25) is 0 Å². The van der Waals surface area contributed by atoms with Crippen LogP contribution in [0.15, 0.2) is 0 Å². The number of hydrogen-bond donors (Lipinski definition) is 3. The van der Waals surface area contributed by atoms with E-state index in [-0.39, 0.29) is 0 Å². The third-order valence-corrected chi connectivity index (χ3v) is 6.83. The van der Waals surface area contributed by atoms with Crippen molar-refractivity contribution in [2.45, 2.75) is 99.5 Å². The van der Waals surface area contributed by atoms with Crippen molar-refractivity contribution >= 4 is 5.97 Å². The molecule has 1 aliphatic heterocycles. The summed E-state index contributed by atoms with van der Waals surface area (Å²) in [6.45, 7) is 19.4. The minimum absolute atomic E-state index is 0.570. The van der Waals surface area contributed by atoms with Crippen LogP contribution in [0.4, 0.5) is 0 Å². The first-order valence-corrected chi connectivity index (χ1v) is 12.5. The number of carboxylic acids is 1. The van der Waals surface area contributed by atoms with Gasteiger partial charge in [-0.15, -0.1) is 0 Å². The minimum atomic E-state index is -0.885. The van der Waals surface area contributed by atoms with Gasteiger partial charge in [0.05, 0.1) is 0 Å². The molecule has 1 heterocycles. The lowest BCUT2D eigenvalue weighted by Crippen LogP contribution is -2.55. The Morgan fingerprint density at radius 2 is 1.63 bits per heavy atom. The summed E-state index contributed by atoms with van der Waals surface area (Å²) in [6.07, 6.45) is 8.90. The molecule has 2 saturated carbocycles. The lowest BCUT2D eigenvalue weighted by Gasteiger charge is -2.49. The van der Waals surface area contributed by atoms with Gasteiger partial charge < -0.3 is 21.1 Å². The lowest BCUT2D eigenvalue weighted by molar-refractivity contribution is -0.138. The molecule has 4 atom stereocenters. The summed E-state index contributed by atoms with van der Waals surface area (Å²) < 4.78 is 0. The van der Waals surface area contributed by atoms with E-state index in [1.807, 2.05) is 34.7 Å². The molecule has 2 aliphatic carbocycles. The number of carboxylic acid groups (broad SMARTS) is 1. The van der Waals surface area contributed by atoms with Crippen LogP contribution in [-0.4, -0.2) is 55.2 Å². The molecule has 3 aliphatic rings. The normalized spacial score (nSPS) is 30.0. The molecule has 180 valence electrons. The van der Waals surface area contributed by atoms with Gasteiger partial charge in [-0.1, -0.05) is 61.3 Å². The van der Waals surface area contributed by atoms with Gasteiger partial charge >= 0.3 is 5.97 Å². The number of hydrogen-bond acceptors (Lipinski definition) is 4. The Bertz CT molecular complexity index is 461. The van der Waals surface area contributed by atoms with Gasteiger partial charge in [0.25, 0.3) is 0 Å². The van der Waals surface area contributed by atoms with E-state index in [1.54, 1.807) is 0 Å². The average Bonchev–Trinajstić information content (AvgIpc) is 3.25. The zero-order chi connectivity index (χ0) is 23.4. The molecule has 0 aromatic heterocycles. The highest BCUT2D eigenvalue weighted by atomic mass is 16.4. The van der Waals surface area contributed by atoms with Crippen molar-refractivity contribution in [1.29, 1.82) is 0 Å². The SMILES string of the molecule is CC.CC.CC1CCC2(C1)CN(CCC(N)C(=O)O)C2.CNCC1(C)CCC(C)C1. The van der Waals surface area contributed by atoms with Crippen LogP contribution in [-0.2, 0) is 4.79 Å². The molecule has 5 nitrogen and oxygen atoms in total. The predicted molar refractivity (Wildman–Crippen MR) is 130 cm³/mol. The van der Waals surface area contributed by atoms with E-state index in [0.717, 1.165) is 31.5 Å². The Morgan fingerprint density at radius 3 is 2.03 bits per heavy atom. The number of nitrogens with one attached hydrogen (secondary N) is 1. The second-order valence-corrected chi connectivity index (χ2v) is 9.98. The van der Waals surface area contributed by atoms with Crippen molar-refractivity contribution < 1.29 is 9.90 Å². The second kappa shape index (κ2) is 14.4. The van der Waals surface area contributed by atoms with Gasteiger partial charge in [-0.2, -0.15) is 0 Å². The van der Waals surface area contributed by atoms with Gasteiger partial charge in [0.1, 0.15) is 6.04 Å². The van der Waals surface area contributed by atoms with E-state index < -0.39 is 12.0 Å². The van der Waals surface area contributed by atoms with E-state index in [1.165, 1.54) is 45.1 Å². The predicted octanol–water partition coefficient (Wildman–Crippen LogP) is 4.99. The summed E-state index contributed by atoms with van der Waals surface area (Å²) in [5.74, 6) is 0.950. The third-order valence-electron chi connectivity index (χ3n) is 6.83. The molecule has 3 fully saturated rings. The summed E-state index contributed by atoms with van der Waals surface area (Å²) >= 11 is 0. The average molecular weight is 428 g/mol. The number of aliphatic carboxylic acids is 1. The van der Waals surface area contributed by atoms with E-state index in [0.29, 0.717) is 17.3 Å². The maximum absolute atomic E-state index is 10.6. The standard InChI is InChI=1S/C12H22N2O2.C9H19N.2C2H6/c1-9-2-4-12(6-9)7-14(8-12)5-3-10(13)11(15)16;1-8-4-5-9(2,6-8)7-10-3;2*1-2/h9-10H,2-8,13H2,1H3,(H,15,16);8,10H,4-7H2,1-3H3;2*1-2H3. The molecule has 4 N–H and O–H groups in total. The molecule has 0 bridgehead atoms. The first-order valence-electron chi connectivity index (χ1n) is 12.5. The number of rotatable bonds is 6. The molecule has 1 saturated heterocycles. The molecular formula is C25H53N3O2. The van der Waals surface area contributed by atoms with Crippen LogP contribution in [0.5, 0.6) is 0 Å². The Hall–Kier alpha value is -0.650. The molecule has 0 radical (unpaired) electrons. The minimum Gasteiger partial charge on any atom is -0.480 e. The zero-order valence-corrected chi connectivity index (χ0v) is 21.4. The first-order chi connectivity index (χ1) is 14.2. The van der Waals surface area contributed by atoms with E-state index in [9.17, 15) is 4.79 Å². The van der Waals surface area contributed by atoms with E-state index in [2.05, 4.69) is 31.0 Å². The molecule has 0 amide bonds. The molecule has 5 heteroatoms. The Kier molecular flexibility index (Phi) is 14.1. The van der Waals surface area contributed by atoms with Gasteiger partial charge in [-0.25, -0.2) is 0 Å². The maximum Gasteiger partial charge on any atom is 0.320 e. The van der Waals surface area contributed by atoms with Crippen LogP contribution < -0.4 is 11.1 Å². The summed E-state index contributed by atoms with van der Waals surface area (Å²) in [5.41, 5.74) is 6.67. The fraction of sp³-hybridized carbons (Fsp3) is 0.960. The van der Waals surface area contributed by atoms with Gasteiger partial charge in [0, 0.05) is 26.2 Å². The Morgan fingerprint density at radius 1 is 1.10 bits per heavy atom. The van der Waals surface area contributed by atoms with E-state index >= 15 is 0 Å². The second-order valence-electron chi connectivity index (χ2n) is 9.98. The molecule has 30 heavy (non-hydrogen) atoms. The largest absolute Gasteiger partial charge is 0.480 e. The van der Waals surface area contributed by atoms with Crippen LogP contribution in [0.1, 0.15) is 93.4 Å². The molecular weight excluding hydrogens is 374 g/mol. The molecule has 3 rings (SSSR count). The van der Waals surface area contributed by atoms with Crippen molar-refractivity contribution in [1.82, 2.24) is 10.2 Å². The lowest BCUT2D eigenvalue weighted by atomic mass is 9.77. The van der Waals surface area contributed by atoms with Gasteiger partial charge in [-0.3, -0.25) is 4.79 Å².